The highest BCUT2D eigenvalue weighted by molar-refractivity contribution is 5.99. The Bertz CT molecular complexity index is 1180. The first-order chi connectivity index (χ1) is 14.4. The van der Waals surface area contributed by atoms with Crippen LogP contribution in [0.3, 0.4) is 0 Å². The Morgan fingerprint density at radius 3 is 2.50 bits per heavy atom. The summed E-state index contributed by atoms with van der Waals surface area (Å²) >= 11 is 0. The normalized spacial score (nSPS) is 17.8. The fourth-order valence-corrected chi connectivity index (χ4v) is 3.62. The third-order valence-electron chi connectivity index (χ3n) is 5.34. The molecule has 0 N–H and O–H groups in total. The molecule has 0 radical (unpaired) electrons. The molecule has 4 rings (SSSR count). The van der Waals surface area contributed by atoms with E-state index in [1.165, 1.54) is 4.90 Å². The summed E-state index contributed by atoms with van der Waals surface area (Å²) in [6.07, 6.45) is 4.12. The van der Waals surface area contributed by atoms with Gasteiger partial charge in [-0.25, -0.2) is 4.98 Å². The molecule has 1 aliphatic rings. The summed E-state index contributed by atoms with van der Waals surface area (Å²) in [4.78, 5) is 23.1. The molecule has 1 atom stereocenters. The highest BCUT2D eigenvalue weighted by Gasteiger charge is 2.27. The van der Waals surface area contributed by atoms with Crippen molar-refractivity contribution in [1.82, 2.24) is 9.88 Å². The molecule has 0 spiro atoms. The van der Waals surface area contributed by atoms with E-state index in [2.05, 4.69) is 19.1 Å². The van der Waals surface area contributed by atoms with Crippen molar-refractivity contribution in [1.29, 1.82) is 0 Å². The number of amides is 1. The number of ether oxygens (including phenoxy) is 1. The third-order valence-corrected chi connectivity index (χ3v) is 5.34. The second-order valence-electron chi connectivity index (χ2n) is 7.88. The molecule has 1 amide bonds. The van der Waals surface area contributed by atoms with E-state index >= 15 is 0 Å². The molecule has 2 heterocycles. The van der Waals surface area contributed by atoms with Gasteiger partial charge in [-0.05, 0) is 55.7 Å². The van der Waals surface area contributed by atoms with E-state index in [4.69, 9.17) is 14.7 Å². The zero-order chi connectivity index (χ0) is 21.3. The van der Waals surface area contributed by atoms with Crippen LogP contribution in [0.15, 0.2) is 71.7 Å². The SMILES string of the molecule is CC1=NC(C)(c2cccc(-c3ccc(OCC(=O)N(C)C)c4ccccc34)n2)C=C1. The summed E-state index contributed by atoms with van der Waals surface area (Å²) in [6, 6.07) is 18.0. The summed E-state index contributed by atoms with van der Waals surface area (Å²) in [7, 11) is 3.44. The first kappa shape index (κ1) is 19.8. The van der Waals surface area contributed by atoms with Crippen LogP contribution in [-0.2, 0) is 10.3 Å². The number of likely N-dealkylation sites (N-methyl/N-ethyl adjacent to an activating group) is 1. The largest absolute Gasteiger partial charge is 0.483 e. The third kappa shape index (κ3) is 3.71. The summed E-state index contributed by atoms with van der Waals surface area (Å²) in [6.45, 7) is 4.08. The Morgan fingerprint density at radius 2 is 1.80 bits per heavy atom. The number of aliphatic imine (C=N–C) groups is 1. The molecule has 1 aromatic heterocycles. The maximum absolute atomic E-state index is 11.9. The van der Waals surface area contributed by atoms with E-state index in [0.29, 0.717) is 5.75 Å². The van der Waals surface area contributed by atoms with Crippen LogP contribution < -0.4 is 4.74 Å². The second-order valence-corrected chi connectivity index (χ2v) is 7.88. The number of hydrogen-bond donors (Lipinski definition) is 0. The predicted molar refractivity (Wildman–Crippen MR) is 121 cm³/mol. The quantitative estimate of drug-likeness (QED) is 0.629. The van der Waals surface area contributed by atoms with E-state index in [0.717, 1.165) is 33.4 Å². The minimum atomic E-state index is -0.439. The van der Waals surface area contributed by atoms with Gasteiger partial charge in [0, 0.05) is 30.8 Å². The smallest absolute Gasteiger partial charge is 0.259 e. The van der Waals surface area contributed by atoms with Gasteiger partial charge in [-0.3, -0.25) is 9.79 Å². The van der Waals surface area contributed by atoms with Gasteiger partial charge in [0.15, 0.2) is 6.61 Å². The van der Waals surface area contributed by atoms with Crippen LogP contribution in [0, 0.1) is 0 Å². The Balaban J connectivity index is 1.74. The maximum Gasteiger partial charge on any atom is 0.259 e. The number of fused-ring (bicyclic) bond motifs is 1. The fraction of sp³-hybridized carbons (Fsp3) is 0.240. The number of hydrogen-bond acceptors (Lipinski definition) is 4. The lowest BCUT2D eigenvalue weighted by atomic mass is 9.96. The molecule has 0 saturated heterocycles. The Hall–Kier alpha value is -3.47. The molecule has 152 valence electrons. The first-order valence-electron chi connectivity index (χ1n) is 9.96. The lowest BCUT2D eigenvalue weighted by Gasteiger charge is -2.19. The van der Waals surface area contributed by atoms with Gasteiger partial charge in [0.05, 0.1) is 11.4 Å². The number of carbonyl (C=O) groups excluding carboxylic acids is 1. The summed E-state index contributed by atoms with van der Waals surface area (Å²) < 4.78 is 5.83. The molecule has 1 unspecified atom stereocenters. The predicted octanol–water partition coefficient (Wildman–Crippen LogP) is 4.61. The van der Waals surface area contributed by atoms with Gasteiger partial charge in [0.2, 0.25) is 0 Å². The van der Waals surface area contributed by atoms with Crippen LogP contribution in [0.25, 0.3) is 22.0 Å². The van der Waals surface area contributed by atoms with E-state index in [1.807, 2.05) is 61.5 Å². The van der Waals surface area contributed by atoms with E-state index in [-0.39, 0.29) is 12.5 Å². The molecule has 30 heavy (non-hydrogen) atoms. The second kappa shape index (κ2) is 7.75. The average Bonchev–Trinajstić information content (AvgIpc) is 3.11. The van der Waals surface area contributed by atoms with Crippen molar-refractivity contribution < 1.29 is 9.53 Å². The molecule has 2 aromatic carbocycles. The molecule has 5 heteroatoms. The fourth-order valence-electron chi connectivity index (χ4n) is 3.62. The number of rotatable bonds is 5. The summed E-state index contributed by atoms with van der Waals surface area (Å²) in [5.74, 6) is 0.609. The van der Waals surface area contributed by atoms with Crippen LogP contribution in [0.2, 0.25) is 0 Å². The number of nitrogens with zero attached hydrogens (tertiary/aromatic N) is 3. The number of allylic oxidation sites excluding steroid dienone is 1. The van der Waals surface area contributed by atoms with Crippen molar-refractivity contribution >= 4 is 22.4 Å². The summed E-state index contributed by atoms with van der Waals surface area (Å²) in [5, 5.41) is 1.98. The van der Waals surface area contributed by atoms with E-state index < -0.39 is 5.54 Å². The van der Waals surface area contributed by atoms with E-state index in [9.17, 15) is 4.79 Å². The molecule has 3 aromatic rings. The summed E-state index contributed by atoms with van der Waals surface area (Å²) in [5.41, 5.74) is 3.38. The van der Waals surface area contributed by atoms with E-state index in [1.54, 1.807) is 14.1 Å². The number of carbonyl (C=O) groups is 1. The number of aromatic nitrogens is 1. The highest BCUT2D eigenvalue weighted by Crippen LogP contribution is 2.36. The van der Waals surface area contributed by atoms with Crippen LogP contribution in [0.4, 0.5) is 0 Å². The zero-order valence-electron chi connectivity index (χ0n) is 17.7. The van der Waals surface area contributed by atoms with Crippen molar-refractivity contribution in [3.05, 3.63) is 72.4 Å². The van der Waals surface area contributed by atoms with Crippen LogP contribution >= 0.6 is 0 Å². The average molecular weight is 399 g/mol. The van der Waals surface area contributed by atoms with Crippen LogP contribution in [0.5, 0.6) is 5.75 Å². The molecule has 5 nitrogen and oxygen atoms in total. The van der Waals surface area contributed by atoms with Gasteiger partial charge in [-0.1, -0.05) is 30.3 Å². The molecule has 0 saturated carbocycles. The lowest BCUT2D eigenvalue weighted by Crippen LogP contribution is -2.27. The molecular weight excluding hydrogens is 374 g/mol. The molecule has 0 bridgehead atoms. The Labute approximate surface area is 176 Å². The van der Waals surface area contributed by atoms with Crippen molar-refractivity contribution in [2.45, 2.75) is 19.4 Å². The van der Waals surface area contributed by atoms with Crippen molar-refractivity contribution in [2.24, 2.45) is 4.99 Å². The highest BCUT2D eigenvalue weighted by atomic mass is 16.5. The monoisotopic (exact) mass is 399 g/mol. The van der Waals surface area contributed by atoms with Crippen LogP contribution in [0.1, 0.15) is 19.5 Å². The van der Waals surface area contributed by atoms with Crippen molar-refractivity contribution in [2.75, 3.05) is 20.7 Å². The minimum Gasteiger partial charge on any atom is -0.483 e. The number of pyridine rings is 1. The maximum atomic E-state index is 11.9. The van der Waals surface area contributed by atoms with Crippen LogP contribution in [-0.4, -0.2) is 42.2 Å². The van der Waals surface area contributed by atoms with Crippen molar-refractivity contribution in [3.63, 3.8) is 0 Å². The lowest BCUT2D eigenvalue weighted by molar-refractivity contribution is -0.130. The first-order valence-corrected chi connectivity index (χ1v) is 9.96. The van der Waals surface area contributed by atoms with Gasteiger partial charge in [0.25, 0.3) is 5.91 Å². The van der Waals surface area contributed by atoms with Gasteiger partial charge >= 0.3 is 0 Å². The van der Waals surface area contributed by atoms with Gasteiger partial charge in [0.1, 0.15) is 11.3 Å². The minimum absolute atomic E-state index is 0.00607. The van der Waals surface area contributed by atoms with Crippen molar-refractivity contribution in [3.8, 4) is 17.0 Å². The zero-order valence-corrected chi connectivity index (χ0v) is 17.7. The molecule has 0 aliphatic carbocycles. The Kier molecular flexibility index (Phi) is 5.12. The molecular formula is C25H25N3O2. The number of benzene rings is 2. The molecule has 0 fully saturated rings. The van der Waals surface area contributed by atoms with Gasteiger partial charge in [-0.15, -0.1) is 0 Å². The Morgan fingerprint density at radius 1 is 1.03 bits per heavy atom. The topological polar surface area (TPSA) is 54.8 Å². The molecule has 1 aliphatic heterocycles. The van der Waals surface area contributed by atoms with Gasteiger partial charge in [-0.2, -0.15) is 0 Å². The van der Waals surface area contributed by atoms with Gasteiger partial charge < -0.3 is 9.64 Å². The standard InChI is InChI=1S/C25H25N3O2/c1-17-14-15-25(2,27-17)23-11-7-10-21(26-23)19-12-13-22(30-16-24(29)28(3)4)20-9-6-5-8-18(19)20/h5-15H,16H2,1-4H3.